The molecule has 0 aliphatic carbocycles. The first-order chi connectivity index (χ1) is 11.3. The molecule has 2 rings (SSSR count). The van der Waals surface area contributed by atoms with Crippen molar-refractivity contribution in [2.75, 3.05) is 5.32 Å². The zero-order valence-electron chi connectivity index (χ0n) is 12.4. The highest BCUT2D eigenvalue weighted by atomic mass is 79.9. The summed E-state index contributed by atoms with van der Waals surface area (Å²) in [5.74, 6) is -0.498. The molecule has 1 amide bonds. The average molecular weight is 471 g/mol. The lowest BCUT2D eigenvalue weighted by molar-refractivity contribution is -0.112. The third-order valence-electron chi connectivity index (χ3n) is 3.15. The zero-order valence-corrected chi connectivity index (χ0v) is 16.3. The third kappa shape index (κ3) is 4.38. The summed E-state index contributed by atoms with van der Waals surface area (Å²) < 4.78 is 0.900. The van der Waals surface area contributed by atoms with Crippen LogP contribution in [0.1, 0.15) is 11.1 Å². The molecule has 0 bridgehead atoms. The summed E-state index contributed by atoms with van der Waals surface area (Å²) in [6, 6.07) is 10.2. The number of carbonyl (C=O) groups is 1. The highest BCUT2D eigenvalue weighted by Crippen LogP contribution is 2.34. The van der Waals surface area contributed by atoms with Crippen molar-refractivity contribution in [2.45, 2.75) is 6.92 Å². The Hall–Kier alpha value is -1.81. The van der Waals surface area contributed by atoms with E-state index in [1.165, 1.54) is 6.08 Å². The summed E-state index contributed by atoms with van der Waals surface area (Å²) in [5, 5.41) is 22.1. The number of halogens is 3. The quantitative estimate of drug-likeness (QED) is 0.464. The molecule has 2 aromatic rings. The van der Waals surface area contributed by atoms with Crippen molar-refractivity contribution in [1.29, 1.82) is 5.26 Å². The highest BCUT2D eigenvalue weighted by Gasteiger charge is 2.12. The van der Waals surface area contributed by atoms with E-state index in [1.807, 2.05) is 13.0 Å². The summed E-state index contributed by atoms with van der Waals surface area (Å²) >= 11 is 12.4. The van der Waals surface area contributed by atoms with Gasteiger partial charge in [-0.3, -0.25) is 4.79 Å². The molecular formula is C17H11Br2ClN2O2. The predicted octanol–water partition coefficient (Wildman–Crippen LogP) is 5.42. The molecular weight excluding hydrogens is 459 g/mol. The molecule has 0 saturated heterocycles. The van der Waals surface area contributed by atoms with Crippen LogP contribution in [0.5, 0.6) is 5.75 Å². The van der Waals surface area contributed by atoms with Crippen LogP contribution in [0.25, 0.3) is 6.08 Å². The molecule has 122 valence electrons. The van der Waals surface area contributed by atoms with Gasteiger partial charge in [0.25, 0.3) is 5.91 Å². The van der Waals surface area contributed by atoms with Crippen molar-refractivity contribution in [1.82, 2.24) is 0 Å². The molecule has 0 aliphatic rings. The standard InChI is InChI=1S/C17H11Br2ClN2O2/c1-9-2-3-12(7-15(9)20)22-17(24)11(8-21)4-10-5-13(18)16(23)14(19)6-10/h2-7,23H,1H3,(H,22,24)/b11-4+. The molecule has 7 heteroatoms. The van der Waals surface area contributed by atoms with Gasteiger partial charge in [-0.05, 0) is 80.3 Å². The second-order valence-corrected chi connectivity index (χ2v) is 7.04. The number of nitrogens with one attached hydrogen (secondary N) is 1. The minimum absolute atomic E-state index is 0.0457. The fourth-order valence-corrected chi connectivity index (χ4v) is 3.26. The second-order valence-electron chi connectivity index (χ2n) is 4.92. The van der Waals surface area contributed by atoms with Crippen molar-refractivity contribution < 1.29 is 9.90 Å². The van der Waals surface area contributed by atoms with Crippen molar-refractivity contribution in [3.8, 4) is 11.8 Å². The first-order valence-electron chi connectivity index (χ1n) is 6.69. The van der Waals surface area contributed by atoms with Crippen molar-refractivity contribution in [2.24, 2.45) is 0 Å². The lowest BCUT2D eigenvalue weighted by atomic mass is 10.1. The maximum atomic E-state index is 12.3. The SMILES string of the molecule is Cc1ccc(NC(=O)/C(C#N)=C/c2cc(Br)c(O)c(Br)c2)cc1Cl. The van der Waals surface area contributed by atoms with Gasteiger partial charge < -0.3 is 10.4 Å². The third-order valence-corrected chi connectivity index (χ3v) is 4.76. The van der Waals surface area contributed by atoms with E-state index < -0.39 is 5.91 Å². The molecule has 0 fully saturated rings. The van der Waals surface area contributed by atoms with Crippen LogP contribution in [0.4, 0.5) is 5.69 Å². The lowest BCUT2D eigenvalue weighted by Gasteiger charge is -2.07. The number of aromatic hydroxyl groups is 1. The summed E-state index contributed by atoms with van der Waals surface area (Å²) in [6.45, 7) is 1.86. The molecule has 0 spiro atoms. The number of phenolic OH excluding ortho intramolecular Hbond substituents is 1. The molecule has 0 saturated carbocycles. The summed E-state index contributed by atoms with van der Waals surface area (Å²) in [6.07, 6.45) is 1.43. The van der Waals surface area contributed by atoms with Crippen LogP contribution < -0.4 is 5.32 Å². The summed E-state index contributed by atoms with van der Waals surface area (Å²) in [7, 11) is 0. The Morgan fingerprint density at radius 1 is 1.29 bits per heavy atom. The average Bonchev–Trinajstić information content (AvgIpc) is 2.53. The number of aryl methyl sites for hydroxylation is 1. The van der Waals surface area contributed by atoms with Gasteiger partial charge in [-0.2, -0.15) is 5.26 Å². The minimum atomic E-state index is -0.544. The van der Waals surface area contributed by atoms with E-state index in [0.717, 1.165) is 5.56 Å². The fourth-order valence-electron chi connectivity index (χ4n) is 1.85. The van der Waals surface area contributed by atoms with Gasteiger partial charge in [-0.1, -0.05) is 17.7 Å². The molecule has 2 N–H and O–H groups in total. The van der Waals surface area contributed by atoms with Gasteiger partial charge in [-0.25, -0.2) is 0 Å². The highest BCUT2D eigenvalue weighted by molar-refractivity contribution is 9.11. The van der Waals surface area contributed by atoms with Crippen LogP contribution in [0, 0.1) is 18.3 Å². The Kier molecular flexibility index (Phi) is 6.05. The maximum Gasteiger partial charge on any atom is 0.266 e. The van der Waals surface area contributed by atoms with Gasteiger partial charge in [0.1, 0.15) is 17.4 Å². The lowest BCUT2D eigenvalue weighted by Crippen LogP contribution is -2.13. The Morgan fingerprint density at radius 2 is 1.92 bits per heavy atom. The van der Waals surface area contributed by atoms with Crippen LogP contribution >= 0.6 is 43.5 Å². The van der Waals surface area contributed by atoms with E-state index in [4.69, 9.17) is 11.6 Å². The molecule has 2 aromatic carbocycles. The van der Waals surface area contributed by atoms with E-state index in [-0.39, 0.29) is 11.3 Å². The van der Waals surface area contributed by atoms with Crippen molar-refractivity contribution >= 4 is 61.1 Å². The van der Waals surface area contributed by atoms with Crippen LogP contribution in [-0.2, 0) is 4.79 Å². The number of nitriles is 1. The minimum Gasteiger partial charge on any atom is -0.506 e. The Bertz CT molecular complexity index is 866. The van der Waals surface area contributed by atoms with Crippen LogP contribution in [0.3, 0.4) is 0 Å². The largest absolute Gasteiger partial charge is 0.506 e. The van der Waals surface area contributed by atoms with Crippen LogP contribution in [0.2, 0.25) is 5.02 Å². The molecule has 0 unspecified atom stereocenters. The zero-order chi connectivity index (χ0) is 17.9. The number of amides is 1. The molecule has 4 nitrogen and oxygen atoms in total. The number of rotatable bonds is 3. The van der Waals surface area contributed by atoms with Gasteiger partial charge in [0.15, 0.2) is 0 Å². The Balaban J connectivity index is 2.29. The van der Waals surface area contributed by atoms with E-state index >= 15 is 0 Å². The number of anilines is 1. The maximum absolute atomic E-state index is 12.3. The second kappa shape index (κ2) is 7.84. The molecule has 24 heavy (non-hydrogen) atoms. The molecule has 0 atom stereocenters. The first kappa shape index (κ1) is 18.5. The first-order valence-corrected chi connectivity index (χ1v) is 8.65. The van der Waals surface area contributed by atoms with E-state index in [9.17, 15) is 15.2 Å². The number of hydrogen-bond donors (Lipinski definition) is 2. The summed E-state index contributed by atoms with van der Waals surface area (Å²) in [5.41, 5.74) is 1.91. The normalized spacial score (nSPS) is 11.0. The van der Waals surface area contributed by atoms with Crippen LogP contribution in [0.15, 0.2) is 44.9 Å². The molecule has 0 aromatic heterocycles. The van der Waals surface area contributed by atoms with Gasteiger partial charge in [0, 0.05) is 10.7 Å². The Morgan fingerprint density at radius 3 is 2.46 bits per heavy atom. The van der Waals surface area contributed by atoms with Gasteiger partial charge in [0.2, 0.25) is 0 Å². The Labute approximate surface area is 161 Å². The smallest absolute Gasteiger partial charge is 0.266 e. The monoisotopic (exact) mass is 468 g/mol. The van der Waals surface area contributed by atoms with Crippen molar-refractivity contribution in [3.05, 3.63) is 61.0 Å². The predicted molar refractivity (Wildman–Crippen MR) is 102 cm³/mol. The number of phenols is 1. The number of nitrogens with zero attached hydrogens (tertiary/aromatic N) is 1. The van der Waals surface area contributed by atoms with Gasteiger partial charge >= 0.3 is 0 Å². The van der Waals surface area contributed by atoms with E-state index in [1.54, 1.807) is 30.3 Å². The number of carbonyl (C=O) groups excluding carboxylic acids is 1. The molecule has 0 aliphatic heterocycles. The summed E-state index contributed by atoms with van der Waals surface area (Å²) in [4.78, 5) is 12.3. The number of benzene rings is 2. The molecule has 0 heterocycles. The van der Waals surface area contributed by atoms with Gasteiger partial charge in [-0.15, -0.1) is 0 Å². The molecule has 0 radical (unpaired) electrons. The van der Waals surface area contributed by atoms with E-state index in [0.29, 0.717) is 25.2 Å². The van der Waals surface area contributed by atoms with Crippen molar-refractivity contribution in [3.63, 3.8) is 0 Å². The van der Waals surface area contributed by atoms with E-state index in [2.05, 4.69) is 37.2 Å². The fraction of sp³-hybridized carbons (Fsp3) is 0.0588. The van der Waals surface area contributed by atoms with Gasteiger partial charge in [0.05, 0.1) is 8.95 Å². The topological polar surface area (TPSA) is 73.1 Å². The number of hydrogen-bond acceptors (Lipinski definition) is 3. The van der Waals surface area contributed by atoms with Crippen LogP contribution in [-0.4, -0.2) is 11.0 Å².